The Kier molecular flexibility index (Phi) is 4.55. The van der Waals surface area contributed by atoms with Crippen LogP contribution in [0.5, 0.6) is 0 Å². The van der Waals surface area contributed by atoms with Crippen LogP contribution in [0, 0.1) is 0 Å². The van der Waals surface area contributed by atoms with E-state index in [4.69, 9.17) is 0 Å². The maximum Gasteiger partial charge on any atom is 0.439 e. The quantitative estimate of drug-likeness (QED) is 0.542. The van der Waals surface area contributed by atoms with Gasteiger partial charge in [-0.15, -0.1) is 5.11 Å². The van der Waals surface area contributed by atoms with E-state index in [1.54, 1.807) is 13.8 Å². The Hall–Kier alpha value is -0.160. The smallest absolute Gasteiger partial charge is 0.305 e. The molecule has 0 bridgehead atoms. The molecule has 0 amide bonds. The monoisotopic (exact) mass is 149 g/mol. The lowest BCUT2D eigenvalue weighted by molar-refractivity contribution is -0.499. The molecule has 0 aromatic carbocycles. The summed E-state index contributed by atoms with van der Waals surface area (Å²) in [5.74, 6) is 0. The Balaban J connectivity index is 3.69. The van der Waals surface area contributed by atoms with Crippen molar-refractivity contribution in [2.75, 3.05) is 20.3 Å². The summed E-state index contributed by atoms with van der Waals surface area (Å²) in [4.78, 5) is 0. The van der Waals surface area contributed by atoms with Gasteiger partial charge in [0, 0.05) is 7.11 Å². The van der Waals surface area contributed by atoms with Gasteiger partial charge in [-0.05, 0) is 13.8 Å². The predicted molar refractivity (Wildman–Crippen MR) is 33.7 cm³/mol. The van der Waals surface area contributed by atoms with E-state index >= 15 is 0 Å². The van der Waals surface area contributed by atoms with Crippen LogP contribution in [0.3, 0.4) is 0 Å². The molecule has 0 saturated heterocycles. The highest BCUT2D eigenvalue weighted by atomic mass is 17.0. The predicted octanol–water partition coefficient (Wildman–Crippen LogP) is 0.748. The lowest BCUT2D eigenvalue weighted by Gasteiger charge is -2.21. The largest absolute Gasteiger partial charge is 0.439 e. The van der Waals surface area contributed by atoms with Gasteiger partial charge in [0.1, 0.15) is 0 Å². The van der Waals surface area contributed by atoms with E-state index < -0.39 is 6.16 Å². The third kappa shape index (κ3) is 3.12. The van der Waals surface area contributed by atoms with Crippen molar-refractivity contribution in [1.82, 2.24) is 0 Å². The van der Waals surface area contributed by atoms with Gasteiger partial charge < -0.3 is 14.2 Å². The molecule has 0 spiro atoms. The Morgan fingerprint density at radius 1 is 1.20 bits per heavy atom. The van der Waals surface area contributed by atoms with E-state index in [1.165, 1.54) is 7.11 Å². The summed E-state index contributed by atoms with van der Waals surface area (Å²) in [5, 5.41) is 11.0. The van der Waals surface area contributed by atoms with E-state index in [9.17, 15) is 5.11 Å². The topological polar surface area (TPSA) is 47.6 Å². The van der Waals surface area contributed by atoms with E-state index in [1.807, 2.05) is 0 Å². The van der Waals surface area contributed by atoms with Crippen molar-refractivity contribution >= 4 is 0 Å². The van der Waals surface area contributed by atoms with Gasteiger partial charge in [0.25, 0.3) is 0 Å². The highest BCUT2D eigenvalue weighted by Crippen LogP contribution is 2.09. The fourth-order valence-electron chi connectivity index (χ4n) is 0.513. The van der Waals surface area contributed by atoms with Crippen LogP contribution in [0.15, 0.2) is 0 Å². The summed E-state index contributed by atoms with van der Waals surface area (Å²) >= 11 is 0. The molecule has 0 N–H and O–H groups in total. The maximum absolute atomic E-state index is 11.0. The molecule has 0 unspecified atom stereocenters. The molecule has 0 aliphatic carbocycles. The standard InChI is InChI=1S/C6H13O4/c1-4-9-6(7,8-3)10-5-2/h4-5H2,1-3H3. The first kappa shape index (κ1) is 9.84. The van der Waals surface area contributed by atoms with Crippen molar-refractivity contribution in [2.24, 2.45) is 0 Å². The van der Waals surface area contributed by atoms with Crippen LogP contribution in [-0.2, 0) is 19.3 Å². The van der Waals surface area contributed by atoms with Crippen LogP contribution >= 0.6 is 0 Å². The van der Waals surface area contributed by atoms with Gasteiger partial charge in [-0.3, -0.25) is 0 Å². The van der Waals surface area contributed by atoms with Gasteiger partial charge in [-0.25, -0.2) is 0 Å². The summed E-state index contributed by atoms with van der Waals surface area (Å²) in [5.41, 5.74) is 0. The lowest BCUT2D eigenvalue weighted by Crippen LogP contribution is -2.36. The molecule has 4 nitrogen and oxygen atoms in total. The van der Waals surface area contributed by atoms with E-state index in [0.717, 1.165) is 0 Å². The third-order valence-corrected chi connectivity index (χ3v) is 0.892. The molecule has 10 heavy (non-hydrogen) atoms. The van der Waals surface area contributed by atoms with Gasteiger partial charge in [-0.2, -0.15) is 0 Å². The second kappa shape index (κ2) is 4.62. The molecule has 1 radical (unpaired) electrons. The van der Waals surface area contributed by atoms with Crippen molar-refractivity contribution in [3.8, 4) is 0 Å². The summed E-state index contributed by atoms with van der Waals surface area (Å²) < 4.78 is 13.7. The van der Waals surface area contributed by atoms with Crippen molar-refractivity contribution in [1.29, 1.82) is 0 Å². The summed E-state index contributed by atoms with van der Waals surface area (Å²) in [6, 6.07) is 0. The Morgan fingerprint density at radius 3 is 1.80 bits per heavy atom. The van der Waals surface area contributed by atoms with Gasteiger partial charge in [0.05, 0.1) is 13.2 Å². The minimum Gasteiger partial charge on any atom is -0.305 e. The van der Waals surface area contributed by atoms with Crippen molar-refractivity contribution < 1.29 is 19.3 Å². The fraction of sp³-hybridized carbons (Fsp3) is 1.00. The molecule has 0 saturated carbocycles. The van der Waals surface area contributed by atoms with Crippen LogP contribution in [0.4, 0.5) is 0 Å². The summed E-state index contributed by atoms with van der Waals surface area (Å²) in [6.07, 6.45) is -2.11. The SMILES string of the molecule is CCOC([O])(OC)OCC. The van der Waals surface area contributed by atoms with Gasteiger partial charge in [-0.1, -0.05) is 0 Å². The van der Waals surface area contributed by atoms with Crippen LogP contribution in [0.25, 0.3) is 0 Å². The molecule has 0 fully saturated rings. The number of hydrogen-bond acceptors (Lipinski definition) is 3. The van der Waals surface area contributed by atoms with Crippen LogP contribution < -0.4 is 0 Å². The third-order valence-electron chi connectivity index (χ3n) is 0.892. The Bertz CT molecular complexity index is 77.8. The van der Waals surface area contributed by atoms with E-state index in [-0.39, 0.29) is 13.2 Å². The molecular formula is C6H13O4. The molecular weight excluding hydrogens is 136 g/mol. The molecule has 0 rings (SSSR count). The average Bonchev–Trinajstić information content (AvgIpc) is 1.89. The maximum atomic E-state index is 11.0. The van der Waals surface area contributed by atoms with E-state index in [0.29, 0.717) is 0 Å². The first-order valence-corrected chi connectivity index (χ1v) is 3.22. The van der Waals surface area contributed by atoms with Crippen LogP contribution in [0.2, 0.25) is 0 Å². The lowest BCUT2D eigenvalue weighted by atomic mass is 10.8. The molecule has 4 heteroatoms. The minimum absolute atomic E-state index is 0.275. The number of rotatable bonds is 5. The second-order valence-corrected chi connectivity index (χ2v) is 1.57. The first-order valence-electron chi connectivity index (χ1n) is 3.22. The normalized spacial score (nSPS) is 12.0. The van der Waals surface area contributed by atoms with Crippen LogP contribution in [0.1, 0.15) is 13.8 Å². The fourth-order valence-corrected chi connectivity index (χ4v) is 0.513. The summed E-state index contributed by atoms with van der Waals surface area (Å²) in [7, 11) is 1.25. The molecule has 0 aromatic heterocycles. The number of methoxy groups -OCH3 is 1. The number of ether oxygens (including phenoxy) is 3. The second-order valence-electron chi connectivity index (χ2n) is 1.57. The Morgan fingerprint density at radius 2 is 1.60 bits per heavy atom. The van der Waals surface area contributed by atoms with Gasteiger partial charge in [0.2, 0.25) is 0 Å². The zero-order valence-electron chi connectivity index (χ0n) is 6.55. The Labute approximate surface area is 60.7 Å². The zero-order chi connectivity index (χ0) is 8.04. The first-order chi connectivity index (χ1) is 4.68. The molecule has 0 heterocycles. The molecule has 61 valence electrons. The molecule has 0 aliphatic rings. The van der Waals surface area contributed by atoms with Gasteiger partial charge in [0.15, 0.2) is 0 Å². The van der Waals surface area contributed by atoms with Crippen LogP contribution in [-0.4, -0.2) is 26.5 Å². The summed E-state index contributed by atoms with van der Waals surface area (Å²) in [6.45, 7) is 3.95. The van der Waals surface area contributed by atoms with Gasteiger partial charge >= 0.3 is 6.16 Å². The van der Waals surface area contributed by atoms with E-state index in [2.05, 4.69) is 14.2 Å². The highest BCUT2D eigenvalue weighted by Gasteiger charge is 2.30. The highest BCUT2D eigenvalue weighted by molar-refractivity contribution is 4.31. The van der Waals surface area contributed by atoms with Crippen molar-refractivity contribution in [2.45, 2.75) is 20.0 Å². The van der Waals surface area contributed by atoms with Crippen molar-refractivity contribution in [3.05, 3.63) is 0 Å². The molecule has 0 aromatic rings. The number of hydrogen-bond donors (Lipinski definition) is 0. The zero-order valence-corrected chi connectivity index (χ0v) is 6.55. The molecule has 0 aliphatic heterocycles. The minimum atomic E-state index is -2.11. The van der Waals surface area contributed by atoms with Crippen molar-refractivity contribution in [3.63, 3.8) is 0 Å². The average molecular weight is 149 g/mol. The molecule has 0 atom stereocenters.